The monoisotopic (exact) mass is 502 g/mol. The Bertz CT molecular complexity index is 886. The van der Waals surface area contributed by atoms with Crippen LogP contribution in [0, 0.1) is 0 Å². The van der Waals surface area contributed by atoms with Gasteiger partial charge in [0.2, 0.25) is 5.91 Å². The summed E-state index contributed by atoms with van der Waals surface area (Å²) in [5, 5.41) is 2.98. The number of hydrogen-bond donors (Lipinski definition) is 1. The average molecular weight is 503 g/mol. The first-order valence-electron chi connectivity index (χ1n) is 11.3. The number of benzene rings is 2. The molecule has 0 radical (unpaired) electrons. The Kier molecular flexibility index (Phi) is 10.2. The van der Waals surface area contributed by atoms with Crippen molar-refractivity contribution in [1.82, 2.24) is 10.2 Å². The summed E-state index contributed by atoms with van der Waals surface area (Å²) >= 11 is 3.54. The second-order valence-corrected chi connectivity index (χ2v) is 9.30. The maximum Gasteiger partial charge on any atom is 0.261 e. The van der Waals surface area contributed by atoms with Gasteiger partial charge in [-0.25, -0.2) is 0 Å². The molecule has 0 saturated carbocycles. The van der Waals surface area contributed by atoms with Gasteiger partial charge in [-0.3, -0.25) is 9.59 Å². The van der Waals surface area contributed by atoms with Gasteiger partial charge in [-0.1, -0.05) is 57.2 Å². The van der Waals surface area contributed by atoms with Crippen molar-refractivity contribution >= 4 is 27.7 Å². The Morgan fingerprint density at radius 1 is 1.06 bits per heavy atom. The van der Waals surface area contributed by atoms with Crippen molar-refractivity contribution in [3.63, 3.8) is 0 Å². The van der Waals surface area contributed by atoms with Crippen LogP contribution in [0.15, 0.2) is 53.0 Å². The van der Waals surface area contributed by atoms with Crippen LogP contribution in [0.3, 0.4) is 0 Å². The molecule has 5 nitrogen and oxygen atoms in total. The van der Waals surface area contributed by atoms with Gasteiger partial charge in [0.25, 0.3) is 5.91 Å². The molecule has 0 fully saturated rings. The van der Waals surface area contributed by atoms with E-state index >= 15 is 0 Å². The molecule has 0 spiro atoms. The summed E-state index contributed by atoms with van der Waals surface area (Å²) in [7, 11) is 0. The molecule has 2 amide bonds. The summed E-state index contributed by atoms with van der Waals surface area (Å²) in [5.74, 6) is 0.651. The van der Waals surface area contributed by atoms with Crippen LogP contribution in [0.25, 0.3) is 0 Å². The minimum absolute atomic E-state index is 0.0581. The molecule has 0 aliphatic heterocycles. The van der Waals surface area contributed by atoms with Crippen LogP contribution >= 0.6 is 15.9 Å². The number of rotatable bonds is 11. The highest BCUT2D eigenvalue weighted by Crippen LogP contribution is 2.29. The molecule has 1 N–H and O–H groups in total. The molecular weight excluding hydrogens is 468 g/mol. The Balaban J connectivity index is 2.10. The first kappa shape index (κ1) is 25.9. The fraction of sp³-hybridized carbons (Fsp3) is 0.462. The Labute approximate surface area is 200 Å². The largest absolute Gasteiger partial charge is 0.483 e. The smallest absolute Gasteiger partial charge is 0.261 e. The molecule has 6 heteroatoms. The van der Waals surface area contributed by atoms with Gasteiger partial charge in [0.05, 0.1) is 4.47 Å². The van der Waals surface area contributed by atoms with Gasteiger partial charge < -0.3 is 15.0 Å². The fourth-order valence-electron chi connectivity index (χ4n) is 3.25. The average Bonchev–Trinajstić information content (AvgIpc) is 2.78. The molecule has 0 saturated heterocycles. The summed E-state index contributed by atoms with van der Waals surface area (Å²) in [4.78, 5) is 27.5. The van der Waals surface area contributed by atoms with Crippen LogP contribution in [-0.2, 0) is 16.0 Å². The van der Waals surface area contributed by atoms with Crippen molar-refractivity contribution in [1.29, 1.82) is 0 Å². The maximum atomic E-state index is 13.1. The molecule has 2 rings (SSSR count). The van der Waals surface area contributed by atoms with Gasteiger partial charge in [-0.15, -0.1) is 0 Å². The molecular formula is C26H35BrN2O3. The molecule has 0 heterocycles. The van der Waals surface area contributed by atoms with Crippen LogP contribution in [0.1, 0.15) is 58.1 Å². The standard InChI is InChI=1S/C26H35BrN2O3/c1-6-19(4)28-26(31)20(5)29(15-14-21-10-8-7-9-11-21)25(30)17-32-24-13-12-22(18(2)3)16-23(24)27/h7-13,16,18-20H,6,14-15,17H2,1-5H3,(H,28,31)/t19-,20-/m0/s1. The second-order valence-electron chi connectivity index (χ2n) is 8.45. The van der Waals surface area contributed by atoms with Gasteiger partial charge in [-0.05, 0) is 71.8 Å². The first-order chi connectivity index (χ1) is 15.2. The summed E-state index contributed by atoms with van der Waals surface area (Å²) < 4.78 is 6.64. The number of amides is 2. The number of nitrogens with zero attached hydrogens (tertiary/aromatic N) is 1. The third-order valence-corrected chi connectivity index (χ3v) is 6.25. The van der Waals surface area contributed by atoms with E-state index < -0.39 is 6.04 Å². The highest BCUT2D eigenvalue weighted by molar-refractivity contribution is 9.10. The zero-order valence-electron chi connectivity index (χ0n) is 19.7. The van der Waals surface area contributed by atoms with Crippen LogP contribution in [0.5, 0.6) is 5.75 Å². The summed E-state index contributed by atoms with van der Waals surface area (Å²) in [6.45, 7) is 10.3. The minimum Gasteiger partial charge on any atom is -0.483 e. The predicted molar refractivity (Wildman–Crippen MR) is 133 cm³/mol. The molecule has 0 aromatic heterocycles. The van der Waals surface area contributed by atoms with Gasteiger partial charge in [-0.2, -0.15) is 0 Å². The van der Waals surface area contributed by atoms with E-state index in [0.29, 0.717) is 24.6 Å². The van der Waals surface area contributed by atoms with Crippen molar-refractivity contribution < 1.29 is 14.3 Å². The lowest BCUT2D eigenvalue weighted by Gasteiger charge is -2.29. The first-order valence-corrected chi connectivity index (χ1v) is 12.1. The number of carbonyl (C=O) groups is 2. The normalized spacial score (nSPS) is 12.8. The number of nitrogens with one attached hydrogen (secondary N) is 1. The highest BCUT2D eigenvalue weighted by atomic mass is 79.9. The van der Waals surface area contributed by atoms with Gasteiger partial charge in [0.15, 0.2) is 6.61 Å². The fourth-order valence-corrected chi connectivity index (χ4v) is 3.76. The molecule has 2 aromatic rings. The highest BCUT2D eigenvalue weighted by Gasteiger charge is 2.27. The van der Waals surface area contributed by atoms with E-state index in [9.17, 15) is 9.59 Å². The Morgan fingerprint density at radius 3 is 2.34 bits per heavy atom. The van der Waals surface area contributed by atoms with E-state index in [-0.39, 0.29) is 24.5 Å². The quantitative estimate of drug-likeness (QED) is 0.451. The van der Waals surface area contributed by atoms with E-state index in [0.717, 1.165) is 16.5 Å². The third kappa shape index (κ3) is 7.66. The molecule has 32 heavy (non-hydrogen) atoms. The lowest BCUT2D eigenvalue weighted by molar-refractivity contribution is -0.141. The van der Waals surface area contributed by atoms with Gasteiger partial charge >= 0.3 is 0 Å². The zero-order valence-corrected chi connectivity index (χ0v) is 21.3. The zero-order chi connectivity index (χ0) is 23.7. The molecule has 0 aliphatic rings. The van der Waals surface area contributed by atoms with Crippen LogP contribution in [-0.4, -0.2) is 41.9 Å². The van der Waals surface area contributed by atoms with Gasteiger partial charge in [0.1, 0.15) is 11.8 Å². The minimum atomic E-state index is -0.587. The van der Waals surface area contributed by atoms with Crippen LogP contribution in [0.4, 0.5) is 0 Å². The summed E-state index contributed by atoms with van der Waals surface area (Å²) in [6, 6.07) is 15.3. The van der Waals surface area contributed by atoms with Gasteiger partial charge in [0, 0.05) is 12.6 Å². The molecule has 0 bridgehead atoms. The van der Waals surface area contributed by atoms with E-state index in [1.54, 1.807) is 11.8 Å². The van der Waals surface area contributed by atoms with Crippen LogP contribution < -0.4 is 10.1 Å². The van der Waals surface area contributed by atoms with E-state index in [1.807, 2.05) is 62.4 Å². The van der Waals surface area contributed by atoms with Crippen molar-refractivity contribution in [2.75, 3.05) is 13.2 Å². The van der Waals surface area contributed by atoms with Crippen molar-refractivity contribution in [3.05, 3.63) is 64.1 Å². The van der Waals surface area contributed by atoms with Crippen LogP contribution in [0.2, 0.25) is 0 Å². The molecule has 0 aliphatic carbocycles. The van der Waals surface area contributed by atoms with Crippen molar-refractivity contribution in [2.24, 2.45) is 0 Å². The molecule has 174 valence electrons. The number of halogens is 1. The second kappa shape index (κ2) is 12.6. The van der Waals surface area contributed by atoms with E-state index in [1.165, 1.54) is 5.56 Å². The van der Waals surface area contributed by atoms with Crippen molar-refractivity contribution in [3.8, 4) is 5.75 Å². The van der Waals surface area contributed by atoms with E-state index in [2.05, 4.69) is 35.1 Å². The molecule has 2 aromatic carbocycles. The molecule has 2 atom stereocenters. The Hall–Kier alpha value is -2.34. The Morgan fingerprint density at radius 2 is 1.75 bits per heavy atom. The predicted octanol–water partition coefficient (Wildman–Crippen LogP) is 5.33. The third-order valence-electron chi connectivity index (χ3n) is 5.63. The number of hydrogen-bond acceptors (Lipinski definition) is 3. The lowest BCUT2D eigenvalue weighted by Crippen LogP contribution is -2.51. The topological polar surface area (TPSA) is 58.6 Å². The molecule has 0 unspecified atom stereocenters. The van der Waals surface area contributed by atoms with E-state index in [4.69, 9.17) is 4.74 Å². The number of ether oxygens (including phenoxy) is 1. The SMILES string of the molecule is CC[C@H](C)NC(=O)[C@H](C)N(CCc1ccccc1)C(=O)COc1ccc(C(C)C)cc1Br. The summed E-state index contributed by atoms with van der Waals surface area (Å²) in [6.07, 6.45) is 1.50. The maximum absolute atomic E-state index is 13.1. The lowest BCUT2D eigenvalue weighted by atomic mass is 10.0. The van der Waals surface area contributed by atoms with Crippen molar-refractivity contribution in [2.45, 2.75) is 65.5 Å². The number of carbonyl (C=O) groups excluding carboxylic acids is 2. The summed E-state index contributed by atoms with van der Waals surface area (Å²) in [5.41, 5.74) is 2.31.